The van der Waals surface area contributed by atoms with Crippen LogP contribution in [0.3, 0.4) is 0 Å². The van der Waals surface area contributed by atoms with Crippen LogP contribution < -0.4 is 5.73 Å². The summed E-state index contributed by atoms with van der Waals surface area (Å²) in [6.45, 7) is 6.28. The van der Waals surface area contributed by atoms with E-state index in [1.54, 1.807) is 11.8 Å². The largest absolute Gasteiger partial charge is 0.324 e. The molecule has 0 bridgehead atoms. The van der Waals surface area contributed by atoms with E-state index in [-0.39, 0.29) is 6.04 Å². The molecular weight excluding hydrogens is 318 g/mol. The highest BCUT2D eigenvalue weighted by atomic mass is 79.9. The zero-order valence-electron chi connectivity index (χ0n) is 11.4. The Kier molecular flexibility index (Phi) is 4.71. The summed E-state index contributed by atoms with van der Waals surface area (Å²) in [5.74, 6) is 0. The number of nitrogens with two attached hydrogens (primary N) is 1. The molecule has 2 N–H and O–H groups in total. The summed E-state index contributed by atoms with van der Waals surface area (Å²) in [6, 6.07) is 13.0. The van der Waals surface area contributed by atoms with Crippen molar-refractivity contribution in [1.29, 1.82) is 0 Å². The Bertz CT molecular complexity index is 593. The zero-order valence-corrected chi connectivity index (χ0v) is 13.8. The van der Waals surface area contributed by atoms with E-state index in [1.165, 1.54) is 20.9 Å². The number of rotatable bonds is 3. The van der Waals surface area contributed by atoms with Crippen LogP contribution in [0.1, 0.15) is 29.7 Å². The first-order chi connectivity index (χ1) is 8.97. The van der Waals surface area contributed by atoms with E-state index in [1.807, 2.05) is 6.92 Å². The highest BCUT2D eigenvalue weighted by Gasteiger charge is 2.07. The molecule has 0 aliphatic rings. The molecule has 0 radical (unpaired) electrons. The van der Waals surface area contributed by atoms with Crippen molar-refractivity contribution in [3.63, 3.8) is 0 Å². The third-order valence-electron chi connectivity index (χ3n) is 3.18. The van der Waals surface area contributed by atoms with Gasteiger partial charge in [-0.25, -0.2) is 0 Å². The molecule has 0 amide bonds. The molecule has 2 aromatic rings. The Labute approximate surface area is 127 Å². The monoisotopic (exact) mass is 335 g/mol. The van der Waals surface area contributed by atoms with Gasteiger partial charge in [0.1, 0.15) is 0 Å². The summed E-state index contributed by atoms with van der Waals surface area (Å²) < 4.78 is 1.08. The Morgan fingerprint density at radius 1 is 1.00 bits per heavy atom. The van der Waals surface area contributed by atoms with Gasteiger partial charge in [0.05, 0.1) is 0 Å². The molecule has 19 heavy (non-hydrogen) atoms. The molecule has 0 unspecified atom stereocenters. The average Bonchev–Trinajstić information content (AvgIpc) is 2.33. The number of hydrogen-bond donors (Lipinski definition) is 1. The molecule has 1 atom stereocenters. The summed E-state index contributed by atoms with van der Waals surface area (Å²) in [5.41, 5.74) is 9.72. The molecule has 0 fully saturated rings. The average molecular weight is 336 g/mol. The van der Waals surface area contributed by atoms with Crippen molar-refractivity contribution in [2.45, 2.75) is 36.6 Å². The van der Waals surface area contributed by atoms with Crippen LogP contribution in [-0.2, 0) is 0 Å². The van der Waals surface area contributed by atoms with E-state index in [4.69, 9.17) is 5.73 Å². The fourth-order valence-electron chi connectivity index (χ4n) is 1.85. The van der Waals surface area contributed by atoms with Crippen molar-refractivity contribution < 1.29 is 0 Å². The zero-order chi connectivity index (χ0) is 14.0. The van der Waals surface area contributed by atoms with Crippen molar-refractivity contribution in [3.8, 4) is 0 Å². The van der Waals surface area contributed by atoms with Crippen molar-refractivity contribution >= 4 is 27.7 Å². The van der Waals surface area contributed by atoms with Gasteiger partial charge in [0.2, 0.25) is 0 Å². The SMILES string of the molecule is Cc1ccc(Sc2ccc([C@@H](C)N)c(Br)c2)cc1C. The fraction of sp³-hybridized carbons (Fsp3) is 0.250. The van der Waals surface area contributed by atoms with Gasteiger partial charge in [0.15, 0.2) is 0 Å². The molecule has 0 aliphatic heterocycles. The standard InChI is InChI=1S/C16H18BrNS/c1-10-4-5-13(8-11(10)2)19-14-6-7-15(12(3)18)16(17)9-14/h4-9,12H,18H2,1-3H3/t12-/m1/s1. The summed E-state index contributed by atoms with van der Waals surface area (Å²) in [4.78, 5) is 2.49. The van der Waals surface area contributed by atoms with Crippen LogP contribution in [0.25, 0.3) is 0 Å². The highest BCUT2D eigenvalue weighted by Crippen LogP contribution is 2.33. The maximum Gasteiger partial charge on any atom is 0.0277 e. The van der Waals surface area contributed by atoms with Crippen molar-refractivity contribution in [3.05, 3.63) is 57.6 Å². The van der Waals surface area contributed by atoms with Crippen molar-refractivity contribution in [2.75, 3.05) is 0 Å². The molecule has 0 aliphatic carbocycles. The van der Waals surface area contributed by atoms with Crippen LogP contribution in [0.5, 0.6) is 0 Å². The van der Waals surface area contributed by atoms with E-state index in [2.05, 4.69) is 66.2 Å². The minimum absolute atomic E-state index is 0.0510. The molecule has 0 saturated heterocycles. The van der Waals surface area contributed by atoms with Gasteiger partial charge in [0, 0.05) is 20.3 Å². The van der Waals surface area contributed by atoms with Crippen molar-refractivity contribution in [2.24, 2.45) is 5.73 Å². The van der Waals surface area contributed by atoms with Gasteiger partial charge in [-0.1, -0.05) is 39.8 Å². The lowest BCUT2D eigenvalue weighted by Gasteiger charge is -2.10. The summed E-state index contributed by atoms with van der Waals surface area (Å²) in [6.07, 6.45) is 0. The molecule has 100 valence electrons. The Morgan fingerprint density at radius 2 is 1.63 bits per heavy atom. The second-order valence-electron chi connectivity index (χ2n) is 4.82. The second kappa shape index (κ2) is 6.12. The van der Waals surface area contributed by atoms with Gasteiger partial charge in [-0.3, -0.25) is 0 Å². The first kappa shape index (κ1) is 14.6. The Hall–Kier alpha value is -0.770. The van der Waals surface area contributed by atoms with Crippen LogP contribution >= 0.6 is 27.7 Å². The van der Waals surface area contributed by atoms with Gasteiger partial charge in [-0.05, 0) is 61.7 Å². The molecule has 3 heteroatoms. The first-order valence-corrected chi connectivity index (χ1v) is 7.88. The lowest BCUT2D eigenvalue weighted by Crippen LogP contribution is -2.05. The van der Waals surface area contributed by atoms with Crippen LogP contribution in [0.2, 0.25) is 0 Å². The molecule has 1 nitrogen and oxygen atoms in total. The lowest BCUT2D eigenvalue weighted by molar-refractivity contribution is 0.811. The normalized spacial score (nSPS) is 12.5. The van der Waals surface area contributed by atoms with Crippen LogP contribution in [0.4, 0.5) is 0 Å². The second-order valence-corrected chi connectivity index (χ2v) is 6.82. The fourth-order valence-corrected chi connectivity index (χ4v) is 3.70. The third-order valence-corrected chi connectivity index (χ3v) is 4.84. The smallest absolute Gasteiger partial charge is 0.0277 e. The molecule has 2 aromatic carbocycles. The van der Waals surface area contributed by atoms with Gasteiger partial charge < -0.3 is 5.73 Å². The highest BCUT2D eigenvalue weighted by molar-refractivity contribution is 9.10. The number of benzene rings is 2. The predicted octanol–water partition coefficient (Wildman–Crippen LogP) is 5.24. The van der Waals surface area contributed by atoms with E-state index in [0.717, 1.165) is 10.0 Å². The maximum absolute atomic E-state index is 5.92. The molecular formula is C16H18BrNS. The van der Waals surface area contributed by atoms with E-state index in [0.29, 0.717) is 0 Å². The molecule has 0 aromatic heterocycles. The molecule has 0 saturated carbocycles. The lowest BCUT2D eigenvalue weighted by atomic mass is 10.1. The van der Waals surface area contributed by atoms with E-state index >= 15 is 0 Å². The molecule has 2 rings (SSSR count). The number of aryl methyl sites for hydroxylation is 2. The maximum atomic E-state index is 5.92. The molecule has 0 heterocycles. The van der Waals surface area contributed by atoms with Gasteiger partial charge in [-0.15, -0.1) is 0 Å². The third kappa shape index (κ3) is 3.62. The van der Waals surface area contributed by atoms with E-state index in [9.17, 15) is 0 Å². The van der Waals surface area contributed by atoms with Crippen LogP contribution in [-0.4, -0.2) is 0 Å². The molecule has 0 spiro atoms. The summed E-state index contributed by atoms with van der Waals surface area (Å²) in [7, 11) is 0. The first-order valence-electron chi connectivity index (χ1n) is 6.27. The van der Waals surface area contributed by atoms with Gasteiger partial charge in [0.25, 0.3) is 0 Å². The van der Waals surface area contributed by atoms with Gasteiger partial charge in [-0.2, -0.15) is 0 Å². The Balaban J connectivity index is 2.24. The number of halogens is 1. The predicted molar refractivity (Wildman–Crippen MR) is 86.8 cm³/mol. The minimum Gasteiger partial charge on any atom is -0.324 e. The summed E-state index contributed by atoms with van der Waals surface area (Å²) in [5, 5.41) is 0. The summed E-state index contributed by atoms with van der Waals surface area (Å²) >= 11 is 5.37. The van der Waals surface area contributed by atoms with Crippen LogP contribution in [0, 0.1) is 13.8 Å². The van der Waals surface area contributed by atoms with Gasteiger partial charge >= 0.3 is 0 Å². The Morgan fingerprint density at radius 3 is 2.21 bits per heavy atom. The minimum atomic E-state index is 0.0510. The van der Waals surface area contributed by atoms with Crippen LogP contribution in [0.15, 0.2) is 50.7 Å². The quantitative estimate of drug-likeness (QED) is 0.830. The van der Waals surface area contributed by atoms with Crippen molar-refractivity contribution in [1.82, 2.24) is 0 Å². The topological polar surface area (TPSA) is 26.0 Å². The van der Waals surface area contributed by atoms with E-state index < -0.39 is 0 Å². The number of hydrogen-bond acceptors (Lipinski definition) is 2.